The Labute approximate surface area is 158 Å². The Morgan fingerprint density at radius 2 is 1.81 bits per heavy atom. The van der Waals surface area contributed by atoms with Crippen LogP contribution in [0.3, 0.4) is 0 Å². The highest BCUT2D eigenvalue weighted by Crippen LogP contribution is 2.25. The average Bonchev–Trinajstić information content (AvgIpc) is 3.31. The molecule has 0 saturated carbocycles. The third-order valence-electron chi connectivity index (χ3n) is 4.83. The molecule has 27 heavy (non-hydrogen) atoms. The van der Waals surface area contributed by atoms with Crippen molar-refractivity contribution in [2.75, 3.05) is 13.1 Å². The van der Waals surface area contributed by atoms with Gasteiger partial charge < -0.3 is 9.73 Å². The summed E-state index contributed by atoms with van der Waals surface area (Å²) in [7, 11) is -3.61. The average molecular weight is 383 g/mol. The number of benzene rings is 2. The molecule has 1 aliphatic heterocycles. The minimum Gasteiger partial charge on any atom is -0.449 e. The van der Waals surface area contributed by atoms with Gasteiger partial charge in [-0.3, -0.25) is 0 Å². The van der Waals surface area contributed by atoms with E-state index in [0.29, 0.717) is 18.1 Å². The third-order valence-corrected chi connectivity index (χ3v) is 6.33. The van der Waals surface area contributed by atoms with Crippen molar-refractivity contribution in [3.05, 3.63) is 72.3 Å². The summed E-state index contributed by atoms with van der Waals surface area (Å²) in [6.45, 7) is 3.13. The van der Waals surface area contributed by atoms with Gasteiger partial charge in [-0.25, -0.2) is 18.1 Å². The molecule has 0 spiro atoms. The van der Waals surface area contributed by atoms with Crippen molar-refractivity contribution >= 4 is 10.0 Å². The third kappa shape index (κ3) is 3.80. The number of nitrogens with one attached hydrogen (secondary N) is 2. The molecule has 1 aromatic heterocycles. The molecule has 4 rings (SSSR count). The van der Waals surface area contributed by atoms with Crippen LogP contribution in [0, 0.1) is 6.92 Å². The van der Waals surface area contributed by atoms with Crippen LogP contribution < -0.4 is 10.0 Å². The highest BCUT2D eigenvalue weighted by molar-refractivity contribution is 7.89. The van der Waals surface area contributed by atoms with E-state index in [1.54, 1.807) is 37.5 Å². The fraction of sp³-hybridized carbons (Fsp3) is 0.250. The molecule has 1 saturated heterocycles. The lowest BCUT2D eigenvalue weighted by molar-refractivity contribution is 0.521. The van der Waals surface area contributed by atoms with Crippen LogP contribution >= 0.6 is 0 Å². The van der Waals surface area contributed by atoms with Gasteiger partial charge in [0.25, 0.3) is 0 Å². The largest absolute Gasteiger partial charge is 0.449 e. The summed E-state index contributed by atoms with van der Waals surface area (Å²) in [6.07, 6.45) is 1.56. The summed E-state index contributed by atoms with van der Waals surface area (Å²) < 4.78 is 33.8. The monoisotopic (exact) mass is 383 g/mol. The predicted octanol–water partition coefficient (Wildman–Crippen LogP) is 2.68. The number of hydrogen-bond acceptors (Lipinski definition) is 5. The van der Waals surface area contributed by atoms with Crippen LogP contribution in [0.15, 0.2) is 70.2 Å². The maximum atomic E-state index is 12.8. The van der Waals surface area contributed by atoms with E-state index in [1.165, 1.54) is 0 Å². The number of oxazole rings is 1. The van der Waals surface area contributed by atoms with Crippen LogP contribution in [-0.4, -0.2) is 32.5 Å². The highest BCUT2D eigenvalue weighted by Gasteiger charge is 2.32. The quantitative estimate of drug-likeness (QED) is 0.708. The number of nitrogens with zero attached hydrogens (tertiary/aromatic N) is 1. The van der Waals surface area contributed by atoms with Gasteiger partial charge in [0.05, 0.1) is 4.90 Å². The van der Waals surface area contributed by atoms with Gasteiger partial charge in [-0.05, 0) is 17.7 Å². The van der Waals surface area contributed by atoms with E-state index in [0.717, 1.165) is 17.7 Å². The molecule has 2 atom stereocenters. The molecule has 0 amide bonds. The van der Waals surface area contributed by atoms with Crippen molar-refractivity contribution in [1.82, 2.24) is 15.0 Å². The Bertz CT molecular complexity index is 1010. The van der Waals surface area contributed by atoms with E-state index in [4.69, 9.17) is 4.42 Å². The van der Waals surface area contributed by atoms with Crippen LogP contribution in [0.4, 0.5) is 0 Å². The Kier molecular flexibility index (Phi) is 4.82. The molecule has 7 heteroatoms. The lowest BCUT2D eigenvalue weighted by Crippen LogP contribution is -2.39. The van der Waals surface area contributed by atoms with Crippen molar-refractivity contribution in [2.24, 2.45) is 0 Å². The van der Waals surface area contributed by atoms with Crippen molar-refractivity contribution < 1.29 is 12.8 Å². The second-order valence-corrected chi connectivity index (χ2v) is 8.39. The molecule has 1 aliphatic rings. The van der Waals surface area contributed by atoms with Crippen LogP contribution in [0.5, 0.6) is 0 Å². The van der Waals surface area contributed by atoms with Gasteiger partial charge in [-0.2, -0.15) is 0 Å². The van der Waals surface area contributed by atoms with Gasteiger partial charge in [-0.1, -0.05) is 42.5 Å². The number of hydrogen-bond donors (Lipinski definition) is 2. The zero-order valence-corrected chi connectivity index (χ0v) is 15.7. The van der Waals surface area contributed by atoms with Crippen LogP contribution in [0.1, 0.15) is 17.4 Å². The smallest absolute Gasteiger partial charge is 0.240 e. The molecular formula is C20H21N3O3S. The number of aromatic nitrogens is 1. The Morgan fingerprint density at radius 3 is 2.48 bits per heavy atom. The zero-order valence-electron chi connectivity index (χ0n) is 14.9. The lowest BCUT2D eigenvalue weighted by Gasteiger charge is -2.20. The molecule has 0 aliphatic carbocycles. The standard InChI is InChI=1S/C20H21N3O3S/c1-14-22-20(13-26-14)16-7-9-17(10-8-16)27(24,25)23-19-12-21-11-18(19)15-5-3-2-4-6-15/h2-10,13,18-19,21,23H,11-12H2,1H3/t18-,19+/m0/s1. The maximum Gasteiger partial charge on any atom is 0.240 e. The fourth-order valence-corrected chi connectivity index (χ4v) is 4.70. The fourth-order valence-electron chi connectivity index (χ4n) is 3.42. The van der Waals surface area contributed by atoms with E-state index in [9.17, 15) is 8.42 Å². The highest BCUT2D eigenvalue weighted by atomic mass is 32.2. The van der Waals surface area contributed by atoms with E-state index >= 15 is 0 Å². The first-order valence-electron chi connectivity index (χ1n) is 8.83. The minimum absolute atomic E-state index is 0.110. The van der Waals surface area contributed by atoms with Gasteiger partial charge >= 0.3 is 0 Å². The Balaban J connectivity index is 1.53. The predicted molar refractivity (Wildman–Crippen MR) is 103 cm³/mol. The first-order valence-corrected chi connectivity index (χ1v) is 10.3. The van der Waals surface area contributed by atoms with Crippen molar-refractivity contribution in [3.63, 3.8) is 0 Å². The molecule has 0 radical (unpaired) electrons. The molecule has 2 N–H and O–H groups in total. The number of aryl methyl sites for hydroxylation is 1. The molecule has 1 fully saturated rings. The van der Waals surface area contributed by atoms with Gasteiger partial charge in [0.15, 0.2) is 5.89 Å². The van der Waals surface area contributed by atoms with E-state index < -0.39 is 10.0 Å². The molecule has 2 heterocycles. The van der Waals surface area contributed by atoms with Crippen molar-refractivity contribution in [3.8, 4) is 11.3 Å². The number of rotatable bonds is 5. The summed E-state index contributed by atoms with van der Waals surface area (Å²) in [5.41, 5.74) is 2.64. The Morgan fingerprint density at radius 1 is 1.07 bits per heavy atom. The summed E-state index contributed by atoms with van der Waals surface area (Å²) in [5.74, 6) is 0.683. The summed E-state index contributed by atoms with van der Waals surface area (Å²) >= 11 is 0. The molecular weight excluding hydrogens is 362 g/mol. The van der Waals surface area contributed by atoms with E-state index in [1.807, 2.05) is 30.3 Å². The summed E-state index contributed by atoms with van der Waals surface area (Å²) in [6, 6.07) is 16.5. The van der Waals surface area contributed by atoms with Gasteiger partial charge in [0.1, 0.15) is 12.0 Å². The van der Waals surface area contributed by atoms with Crippen molar-refractivity contribution in [2.45, 2.75) is 23.8 Å². The van der Waals surface area contributed by atoms with Crippen molar-refractivity contribution in [1.29, 1.82) is 0 Å². The van der Waals surface area contributed by atoms with E-state index in [-0.39, 0.29) is 16.9 Å². The minimum atomic E-state index is -3.61. The molecule has 0 unspecified atom stereocenters. The Hall–Kier alpha value is -2.48. The lowest BCUT2D eigenvalue weighted by atomic mass is 9.95. The normalized spacial score (nSPS) is 20.0. The topological polar surface area (TPSA) is 84.2 Å². The van der Waals surface area contributed by atoms with Crippen LogP contribution in [0.25, 0.3) is 11.3 Å². The SMILES string of the molecule is Cc1nc(-c2ccc(S(=O)(=O)N[C@@H]3CNC[C@H]3c3ccccc3)cc2)co1. The van der Waals surface area contributed by atoms with Gasteiger partial charge in [0, 0.05) is 37.5 Å². The first kappa shape index (κ1) is 17.9. The molecule has 140 valence electrons. The maximum absolute atomic E-state index is 12.8. The molecule has 6 nitrogen and oxygen atoms in total. The molecule has 0 bridgehead atoms. The van der Waals surface area contributed by atoms with Gasteiger partial charge in [-0.15, -0.1) is 0 Å². The number of sulfonamides is 1. The summed E-state index contributed by atoms with van der Waals surface area (Å²) in [4.78, 5) is 4.50. The second kappa shape index (κ2) is 7.26. The first-order chi connectivity index (χ1) is 13.0. The molecule has 2 aromatic carbocycles. The second-order valence-electron chi connectivity index (χ2n) is 6.68. The van der Waals surface area contributed by atoms with E-state index in [2.05, 4.69) is 15.0 Å². The van der Waals surface area contributed by atoms with Crippen LogP contribution in [-0.2, 0) is 10.0 Å². The summed E-state index contributed by atoms with van der Waals surface area (Å²) in [5, 5.41) is 3.28. The van der Waals surface area contributed by atoms with Gasteiger partial charge in [0.2, 0.25) is 10.0 Å². The molecule has 3 aromatic rings. The van der Waals surface area contributed by atoms with Crippen LogP contribution in [0.2, 0.25) is 0 Å². The zero-order chi connectivity index (χ0) is 18.9.